The lowest BCUT2D eigenvalue weighted by molar-refractivity contribution is -0.128. The molecule has 2 aromatic carbocycles. The predicted octanol–water partition coefficient (Wildman–Crippen LogP) is 3.95. The van der Waals surface area contributed by atoms with Gasteiger partial charge in [0.25, 0.3) is 5.91 Å². The molecule has 1 fully saturated rings. The zero-order valence-electron chi connectivity index (χ0n) is 19.5. The summed E-state index contributed by atoms with van der Waals surface area (Å²) in [7, 11) is -3.54. The van der Waals surface area contributed by atoms with Gasteiger partial charge in [-0.1, -0.05) is 48.7 Å². The first-order valence-corrected chi connectivity index (χ1v) is 14.0. The van der Waals surface area contributed by atoms with Crippen LogP contribution in [0.3, 0.4) is 0 Å². The SMILES string of the molecule is CS(=O)(=O)N1CCC(C(=O)NCc2ccc(CN3CCCCCC3)cc2)Oc2ccc(Cl)cc21. The molecule has 7 nitrogen and oxygen atoms in total. The maximum Gasteiger partial charge on any atom is 0.261 e. The molecule has 34 heavy (non-hydrogen) atoms. The van der Waals surface area contributed by atoms with Gasteiger partial charge in [-0.2, -0.15) is 0 Å². The number of nitrogens with zero attached hydrogens (tertiary/aromatic N) is 2. The molecule has 2 aliphatic heterocycles. The molecule has 2 aromatic rings. The van der Waals surface area contributed by atoms with E-state index in [0.717, 1.165) is 31.5 Å². The maximum atomic E-state index is 12.9. The third-order valence-electron chi connectivity index (χ3n) is 6.34. The highest BCUT2D eigenvalue weighted by atomic mass is 35.5. The summed E-state index contributed by atoms with van der Waals surface area (Å²) in [5.74, 6) is 0.0511. The number of nitrogens with one attached hydrogen (secondary N) is 1. The number of halogens is 1. The zero-order valence-corrected chi connectivity index (χ0v) is 21.1. The molecule has 2 aliphatic rings. The minimum Gasteiger partial charge on any atom is -0.478 e. The van der Waals surface area contributed by atoms with Gasteiger partial charge in [0.15, 0.2) is 6.10 Å². The minimum atomic E-state index is -3.54. The molecule has 2 heterocycles. The van der Waals surface area contributed by atoms with E-state index in [1.54, 1.807) is 18.2 Å². The fourth-order valence-electron chi connectivity index (χ4n) is 4.50. The second kappa shape index (κ2) is 11.0. The maximum absolute atomic E-state index is 12.9. The number of hydrogen-bond donors (Lipinski definition) is 1. The average molecular weight is 506 g/mol. The molecule has 0 bridgehead atoms. The summed E-state index contributed by atoms with van der Waals surface area (Å²) in [5, 5.41) is 3.33. The molecule has 1 unspecified atom stereocenters. The number of ether oxygens (including phenoxy) is 1. The minimum absolute atomic E-state index is 0.134. The summed E-state index contributed by atoms with van der Waals surface area (Å²) in [5.41, 5.74) is 2.64. The zero-order chi connectivity index (χ0) is 24.1. The molecule has 184 valence electrons. The first kappa shape index (κ1) is 24.8. The average Bonchev–Trinajstić information content (AvgIpc) is 3.17. The first-order valence-electron chi connectivity index (χ1n) is 11.8. The van der Waals surface area contributed by atoms with E-state index in [1.807, 2.05) is 12.1 Å². The number of benzene rings is 2. The van der Waals surface area contributed by atoms with Crippen LogP contribution in [0, 0.1) is 0 Å². The highest BCUT2D eigenvalue weighted by Gasteiger charge is 2.31. The van der Waals surface area contributed by atoms with Gasteiger partial charge >= 0.3 is 0 Å². The third kappa shape index (κ3) is 6.43. The lowest BCUT2D eigenvalue weighted by Crippen LogP contribution is -2.39. The highest BCUT2D eigenvalue weighted by Crippen LogP contribution is 2.36. The molecule has 0 radical (unpaired) electrons. The van der Waals surface area contributed by atoms with Crippen LogP contribution in [0.1, 0.15) is 43.2 Å². The van der Waals surface area contributed by atoms with Crippen molar-refractivity contribution in [2.24, 2.45) is 0 Å². The molecule has 0 aliphatic carbocycles. The Bertz CT molecular complexity index is 1100. The number of likely N-dealkylation sites (tertiary alicyclic amines) is 1. The van der Waals surface area contributed by atoms with Gasteiger partial charge in [0.2, 0.25) is 10.0 Å². The van der Waals surface area contributed by atoms with Crippen molar-refractivity contribution in [1.29, 1.82) is 0 Å². The molecule has 1 saturated heterocycles. The van der Waals surface area contributed by atoms with Crippen LogP contribution in [0.15, 0.2) is 42.5 Å². The standard InChI is InChI=1S/C25H32ClN3O4S/c1-34(31,32)29-15-12-24(33-23-11-10-21(26)16-22(23)29)25(30)27-17-19-6-8-20(9-7-19)18-28-13-4-2-3-5-14-28/h6-11,16,24H,2-5,12-15,17-18H2,1H3,(H,27,30). The van der Waals surface area contributed by atoms with Gasteiger partial charge in [-0.3, -0.25) is 14.0 Å². The van der Waals surface area contributed by atoms with Crippen LogP contribution in [-0.2, 0) is 27.9 Å². The Morgan fingerprint density at radius 3 is 2.38 bits per heavy atom. The van der Waals surface area contributed by atoms with Crippen LogP contribution in [0.4, 0.5) is 5.69 Å². The van der Waals surface area contributed by atoms with Gasteiger partial charge in [-0.25, -0.2) is 8.42 Å². The number of anilines is 1. The van der Waals surface area contributed by atoms with Gasteiger partial charge in [0, 0.05) is 31.1 Å². The summed E-state index contributed by atoms with van der Waals surface area (Å²) in [4.78, 5) is 15.4. The number of sulfonamides is 1. The molecular weight excluding hydrogens is 474 g/mol. The molecule has 9 heteroatoms. The van der Waals surface area contributed by atoms with E-state index in [9.17, 15) is 13.2 Å². The van der Waals surface area contributed by atoms with Gasteiger partial charge in [0.1, 0.15) is 5.75 Å². The normalized spacial score (nSPS) is 19.5. The van der Waals surface area contributed by atoms with Crippen molar-refractivity contribution in [3.63, 3.8) is 0 Å². The molecule has 4 rings (SSSR count). The quantitative estimate of drug-likeness (QED) is 0.643. The van der Waals surface area contributed by atoms with Crippen molar-refractivity contribution in [2.45, 2.75) is 51.3 Å². The third-order valence-corrected chi connectivity index (χ3v) is 7.76. The largest absolute Gasteiger partial charge is 0.478 e. The Kier molecular flexibility index (Phi) is 8.01. The second-order valence-electron chi connectivity index (χ2n) is 9.07. The number of carbonyl (C=O) groups excluding carboxylic acids is 1. The smallest absolute Gasteiger partial charge is 0.261 e. The Balaban J connectivity index is 1.36. The lowest BCUT2D eigenvalue weighted by atomic mass is 10.1. The number of rotatable bonds is 6. The summed E-state index contributed by atoms with van der Waals surface area (Å²) < 4.78 is 31.7. The van der Waals surface area contributed by atoms with Gasteiger partial charge in [0.05, 0.1) is 11.9 Å². The molecule has 1 N–H and O–H groups in total. The monoisotopic (exact) mass is 505 g/mol. The van der Waals surface area contributed by atoms with Crippen LogP contribution >= 0.6 is 11.6 Å². The van der Waals surface area contributed by atoms with E-state index in [0.29, 0.717) is 23.0 Å². The molecule has 0 spiro atoms. The number of amides is 1. The molecule has 1 amide bonds. The first-order chi connectivity index (χ1) is 16.3. The summed E-state index contributed by atoms with van der Waals surface area (Å²) in [6.45, 7) is 3.79. The molecule has 0 aromatic heterocycles. The van der Waals surface area contributed by atoms with Crippen molar-refractivity contribution in [1.82, 2.24) is 10.2 Å². The Labute approximate surface area is 207 Å². The Morgan fingerprint density at radius 2 is 1.71 bits per heavy atom. The van der Waals surface area contributed by atoms with Gasteiger partial charge < -0.3 is 10.1 Å². The fourth-order valence-corrected chi connectivity index (χ4v) is 5.60. The Morgan fingerprint density at radius 1 is 1.03 bits per heavy atom. The van der Waals surface area contributed by atoms with Crippen LogP contribution in [0.2, 0.25) is 5.02 Å². The highest BCUT2D eigenvalue weighted by molar-refractivity contribution is 7.92. The van der Waals surface area contributed by atoms with E-state index in [4.69, 9.17) is 16.3 Å². The fraction of sp³-hybridized carbons (Fsp3) is 0.480. The van der Waals surface area contributed by atoms with Crippen LogP contribution in [0.5, 0.6) is 5.75 Å². The van der Waals surface area contributed by atoms with E-state index < -0.39 is 16.1 Å². The number of carbonyl (C=O) groups is 1. The summed E-state index contributed by atoms with van der Waals surface area (Å²) >= 11 is 6.08. The topological polar surface area (TPSA) is 79.0 Å². The Hall–Kier alpha value is -2.29. The second-order valence-corrected chi connectivity index (χ2v) is 11.4. The lowest BCUT2D eigenvalue weighted by Gasteiger charge is -2.21. The van der Waals surface area contributed by atoms with Crippen molar-refractivity contribution >= 4 is 33.2 Å². The molecular formula is C25H32ClN3O4S. The molecule has 1 atom stereocenters. The number of hydrogen-bond acceptors (Lipinski definition) is 5. The van der Waals surface area contributed by atoms with E-state index in [2.05, 4.69) is 22.3 Å². The van der Waals surface area contributed by atoms with Crippen molar-refractivity contribution in [2.75, 3.05) is 30.2 Å². The van der Waals surface area contributed by atoms with E-state index >= 15 is 0 Å². The summed E-state index contributed by atoms with van der Waals surface area (Å²) in [6.07, 6.45) is 5.76. The van der Waals surface area contributed by atoms with Gasteiger partial charge in [-0.15, -0.1) is 0 Å². The number of fused-ring (bicyclic) bond motifs is 1. The van der Waals surface area contributed by atoms with E-state index in [1.165, 1.54) is 35.6 Å². The van der Waals surface area contributed by atoms with Crippen molar-refractivity contribution in [3.8, 4) is 5.75 Å². The van der Waals surface area contributed by atoms with Crippen LogP contribution < -0.4 is 14.4 Å². The van der Waals surface area contributed by atoms with Gasteiger partial charge in [-0.05, 0) is 55.3 Å². The van der Waals surface area contributed by atoms with Crippen LogP contribution in [-0.4, -0.2) is 51.2 Å². The van der Waals surface area contributed by atoms with E-state index in [-0.39, 0.29) is 18.9 Å². The van der Waals surface area contributed by atoms with Crippen LogP contribution in [0.25, 0.3) is 0 Å². The van der Waals surface area contributed by atoms with Crippen molar-refractivity contribution in [3.05, 3.63) is 58.6 Å². The van der Waals surface area contributed by atoms with Crippen molar-refractivity contribution < 1.29 is 17.9 Å². The molecule has 0 saturated carbocycles. The summed E-state index contributed by atoms with van der Waals surface area (Å²) in [6, 6.07) is 13.1. The predicted molar refractivity (Wildman–Crippen MR) is 135 cm³/mol.